The molecule has 0 N–H and O–H groups in total. The molecule has 10 heavy (non-hydrogen) atoms. The molecule has 0 bridgehead atoms. The van der Waals surface area contributed by atoms with Crippen LogP contribution in [0.5, 0.6) is 0 Å². The van der Waals surface area contributed by atoms with Crippen molar-refractivity contribution in [1.29, 1.82) is 0 Å². The molecule has 1 heterocycles. The first-order chi connectivity index (χ1) is 4.58. The number of imidazole rings is 1. The van der Waals surface area contributed by atoms with Gasteiger partial charge in [-0.1, -0.05) is 0 Å². The van der Waals surface area contributed by atoms with Crippen LogP contribution in [0.1, 0.15) is 0 Å². The van der Waals surface area contributed by atoms with E-state index in [1.54, 1.807) is 25.9 Å². The molecule has 1 aromatic heterocycles. The van der Waals surface area contributed by atoms with Crippen molar-refractivity contribution in [1.82, 2.24) is 9.55 Å². The van der Waals surface area contributed by atoms with Gasteiger partial charge in [-0.15, -0.1) is 0 Å². The molecular formula is C6H11N2OP. The van der Waals surface area contributed by atoms with Crippen molar-refractivity contribution >= 4 is 7.14 Å². The average Bonchev–Trinajstić information content (AvgIpc) is 2.12. The van der Waals surface area contributed by atoms with Crippen LogP contribution in [0.15, 0.2) is 18.7 Å². The van der Waals surface area contributed by atoms with Gasteiger partial charge in [-0.3, -0.25) is 0 Å². The van der Waals surface area contributed by atoms with E-state index >= 15 is 0 Å². The number of aromatic nitrogens is 2. The summed E-state index contributed by atoms with van der Waals surface area (Å²) < 4.78 is 13.1. The maximum atomic E-state index is 11.2. The Hall–Kier alpha value is -0.560. The van der Waals surface area contributed by atoms with Gasteiger partial charge in [-0.25, -0.2) is 4.98 Å². The highest BCUT2D eigenvalue weighted by Crippen LogP contribution is 2.37. The Bertz CT molecular complexity index is 236. The third kappa shape index (κ3) is 2.36. The number of rotatable bonds is 2. The van der Waals surface area contributed by atoms with Crippen LogP contribution in [-0.2, 0) is 10.9 Å². The molecule has 0 aliphatic carbocycles. The van der Waals surface area contributed by atoms with E-state index in [2.05, 4.69) is 4.98 Å². The van der Waals surface area contributed by atoms with Gasteiger partial charge in [0.1, 0.15) is 7.14 Å². The van der Waals surface area contributed by atoms with Gasteiger partial charge in [0.2, 0.25) is 0 Å². The van der Waals surface area contributed by atoms with Gasteiger partial charge in [-0.05, 0) is 13.3 Å². The lowest BCUT2D eigenvalue weighted by atomic mass is 10.9. The number of nitrogens with zero attached hydrogens (tertiary/aromatic N) is 2. The summed E-state index contributed by atoms with van der Waals surface area (Å²) in [4.78, 5) is 3.85. The minimum absolute atomic E-state index is 0.590. The first-order valence-electron chi connectivity index (χ1n) is 3.08. The van der Waals surface area contributed by atoms with E-state index in [4.69, 9.17) is 0 Å². The topological polar surface area (TPSA) is 34.9 Å². The van der Waals surface area contributed by atoms with Crippen molar-refractivity contribution < 1.29 is 4.57 Å². The van der Waals surface area contributed by atoms with Gasteiger partial charge in [0.25, 0.3) is 0 Å². The van der Waals surface area contributed by atoms with Gasteiger partial charge in [0.15, 0.2) is 0 Å². The highest BCUT2D eigenvalue weighted by atomic mass is 31.2. The second kappa shape index (κ2) is 2.59. The van der Waals surface area contributed by atoms with Gasteiger partial charge in [0, 0.05) is 12.4 Å². The van der Waals surface area contributed by atoms with E-state index in [0.717, 1.165) is 0 Å². The Kier molecular flexibility index (Phi) is 1.95. The summed E-state index contributed by atoms with van der Waals surface area (Å²) in [7, 11) is -1.93. The van der Waals surface area contributed by atoms with Crippen molar-refractivity contribution in [2.45, 2.75) is 6.29 Å². The molecule has 3 nitrogen and oxygen atoms in total. The van der Waals surface area contributed by atoms with Crippen molar-refractivity contribution in [2.24, 2.45) is 0 Å². The van der Waals surface area contributed by atoms with Crippen LogP contribution in [0.25, 0.3) is 0 Å². The molecule has 4 heteroatoms. The molecule has 0 aromatic carbocycles. The Labute approximate surface area is 60.5 Å². The minimum atomic E-state index is -1.93. The molecule has 0 spiro atoms. The van der Waals surface area contributed by atoms with Crippen molar-refractivity contribution in [3.05, 3.63) is 18.7 Å². The Balaban J connectivity index is 2.66. The third-order valence-electron chi connectivity index (χ3n) is 1.06. The summed E-state index contributed by atoms with van der Waals surface area (Å²) >= 11 is 0. The second-order valence-corrected chi connectivity index (χ2v) is 6.22. The Morgan fingerprint density at radius 1 is 1.60 bits per heavy atom. The van der Waals surface area contributed by atoms with Crippen LogP contribution in [0.3, 0.4) is 0 Å². The maximum absolute atomic E-state index is 11.2. The van der Waals surface area contributed by atoms with Crippen LogP contribution in [-0.4, -0.2) is 22.9 Å². The Morgan fingerprint density at radius 2 is 2.30 bits per heavy atom. The first-order valence-corrected chi connectivity index (χ1v) is 5.86. The van der Waals surface area contributed by atoms with Crippen molar-refractivity contribution in [2.75, 3.05) is 13.3 Å². The van der Waals surface area contributed by atoms with Crippen molar-refractivity contribution in [3.8, 4) is 0 Å². The zero-order valence-corrected chi connectivity index (χ0v) is 7.08. The van der Waals surface area contributed by atoms with E-state index in [0.29, 0.717) is 6.29 Å². The quantitative estimate of drug-likeness (QED) is 0.611. The normalized spacial score (nSPS) is 11.8. The summed E-state index contributed by atoms with van der Waals surface area (Å²) in [5.74, 6) is 0. The molecule has 0 saturated carbocycles. The van der Waals surface area contributed by atoms with E-state index in [-0.39, 0.29) is 0 Å². The van der Waals surface area contributed by atoms with Gasteiger partial charge < -0.3 is 9.13 Å². The lowest BCUT2D eigenvalue weighted by Gasteiger charge is -2.05. The molecule has 1 aromatic rings. The van der Waals surface area contributed by atoms with E-state index in [9.17, 15) is 4.57 Å². The molecule has 56 valence electrons. The van der Waals surface area contributed by atoms with Crippen LogP contribution >= 0.6 is 7.14 Å². The fourth-order valence-electron chi connectivity index (χ4n) is 0.764. The highest BCUT2D eigenvalue weighted by Gasteiger charge is 2.06. The minimum Gasteiger partial charge on any atom is -0.330 e. The zero-order chi connectivity index (χ0) is 7.61. The molecule has 0 amide bonds. The van der Waals surface area contributed by atoms with Crippen LogP contribution in [0.2, 0.25) is 0 Å². The van der Waals surface area contributed by atoms with Gasteiger partial charge in [-0.2, -0.15) is 0 Å². The summed E-state index contributed by atoms with van der Waals surface area (Å²) in [5, 5.41) is 0. The molecule has 0 atom stereocenters. The van der Waals surface area contributed by atoms with E-state index in [1.807, 2.05) is 10.8 Å². The van der Waals surface area contributed by atoms with Gasteiger partial charge in [0.05, 0.1) is 12.6 Å². The fourth-order valence-corrected chi connectivity index (χ4v) is 1.72. The summed E-state index contributed by atoms with van der Waals surface area (Å²) in [6, 6.07) is 0. The predicted octanol–water partition coefficient (Wildman–Crippen LogP) is 1.46. The highest BCUT2D eigenvalue weighted by molar-refractivity contribution is 7.61. The molecule has 1 rings (SSSR count). The lowest BCUT2D eigenvalue weighted by molar-refractivity contribution is 0.574. The van der Waals surface area contributed by atoms with E-state index < -0.39 is 7.14 Å². The molecule has 0 saturated heterocycles. The number of hydrogen-bond donors (Lipinski definition) is 0. The smallest absolute Gasteiger partial charge is 0.101 e. The summed E-state index contributed by atoms with van der Waals surface area (Å²) in [6.07, 6.45) is 5.78. The monoisotopic (exact) mass is 158 g/mol. The van der Waals surface area contributed by atoms with E-state index in [1.165, 1.54) is 0 Å². The molecular weight excluding hydrogens is 147 g/mol. The largest absolute Gasteiger partial charge is 0.330 e. The molecule has 0 fully saturated rings. The first kappa shape index (κ1) is 7.55. The zero-order valence-electron chi connectivity index (χ0n) is 6.19. The standard InChI is InChI=1S/C6H11N2OP/c1-10(2,9)6-8-4-3-7-5-8/h3-5H,6H2,1-2H3. The second-order valence-electron chi connectivity index (χ2n) is 2.79. The Morgan fingerprint density at radius 3 is 2.70 bits per heavy atom. The van der Waals surface area contributed by atoms with Crippen LogP contribution in [0.4, 0.5) is 0 Å². The molecule has 0 radical (unpaired) electrons. The summed E-state index contributed by atoms with van der Waals surface area (Å²) in [6.45, 7) is 3.54. The summed E-state index contributed by atoms with van der Waals surface area (Å²) in [5.41, 5.74) is 0. The molecule has 0 aliphatic heterocycles. The SMILES string of the molecule is CP(C)(=O)Cn1ccnc1. The average molecular weight is 158 g/mol. The predicted molar refractivity (Wildman–Crippen MR) is 41.7 cm³/mol. The lowest BCUT2D eigenvalue weighted by Crippen LogP contribution is -1.93. The molecule has 0 unspecified atom stereocenters. The van der Waals surface area contributed by atoms with Gasteiger partial charge >= 0.3 is 0 Å². The molecule has 0 aliphatic rings. The van der Waals surface area contributed by atoms with Crippen LogP contribution < -0.4 is 0 Å². The third-order valence-corrected chi connectivity index (χ3v) is 2.07. The maximum Gasteiger partial charge on any atom is 0.101 e. The van der Waals surface area contributed by atoms with Crippen LogP contribution in [0, 0.1) is 0 Å². The fraction of sp³-hybridized carbons (Fsp3) is 0.500. The number of hydrogen-bond acceptors (Lipinski definition) is 2. The van der Waals surface area contributed by atoms with Crippen molar-refractivity contribution in [3.63, 3.8) is 0 Å².